The topological polar surface area (TPSA) is 108 Å². The quantitative estimate of drug-likeness (QED) is 0.0697. The van der Waals surface area contributed by atoms with E-state index in [1.165, 1.54) is 76.3 Å². The number of imide groups is 1. The van der Waals surface area contributed by atoms with Gasteiger partial charge in [0, 0.05) is 37.2 Å². The number of hydrogen-bond donors (Lipinski definition) is 2. The monoisotopic (exact) mass is 811 g/mol. The van der Waals surface area contributed by atoms with Crippen LogP contribution in [0.5, 0.6) is 0 Å². The van der Waals surface area contributed by atoms with E-state index in [-0.39, 0.29) is 17.9 Å². The van der Waals surface area contributed by atoms with Gasteiger partial charge in [-0.2, -0.15) is 13.2 Å². The van der Waals surface area contributed by atoms with Crippen LogP contribution in [0.1, 0.15) is 140 Å². The molecule has 317 valence electrons. The summed E-state index contributed by atoms with van der Waals surface area (Å²) in [6.07, 6.45) is 13.1. The molecule has 14 heteroatoms. The molecule has 5 rings (SSSR count). The summed E-state index contributed by atoms with van der Waals surface area (Å²) in [7, 11) is 2.11. The van der Waals surface area contributed by atoms with Crippen molar-refractivity contribution in [3.63, 3.8) is 0 Å². The normalized spacial score (nSPS) is 19.2. The number of carbonyl (C=O) groups excluding carboxylic acids is 4. The Labute approximate surface area is 341 Å². The van der Waals surface area contributed by atoms with Gasteiger partial charge in [-0.1, -0.05) is 102 Å². The second-order valence-corrected chi connectivity index (χ2v) is 16.5. The third kappa shape index (κ3) is 12.2. The molecule has 9 nitrogen and oxygen atoms in total. The lowest BCUT2D eigenvalue weighted by Gasteiger charge is -2.31. The maximum absolute atomic E-state index is 13.8. The van der Waals surface area contributed by atoms with Crippen molar-refractivity contribution in [3.05, 3.63) is 65.0 Å². The second kappa shape index (κ2) is 21.2. The molecule has 2 N–H and O–H groups in total. The van der Waals surface area contributed by atoms with E-state index in [2.05, 4.69) is 24.9 Å². The van der Waals surface area contributed by atoms with Crippen LogP contribution < -0.4 is 10.5 Å². The lowest BCUT2D eigenvalue weighted by atomic mass is 9.70. The number of nitrogens with one attached hydrogen (secondary N) is 2. The lowest BCUT2D eigenvalue weighted by molar-refractivity contribution is -0.187. The van der Waals surface area contributed by atoms with Crippen molar-refractivity contribution in [2.75, 3.05) is 18.3 Å². The van der Waals surface area contributed by atoms with Crippen molar-refractivity contribution >= 4 is 36.9 Å². The SMILES string of the molecule is CCC([B]Nc1ccc2c(c1)CCC21OC(=O)N(CC(=O)N(Cc2ccc(F)cc2)[C@@H](C)C(F)(F)F)C1=O)CCCCCCCCCCNC(=O)CC1CCCCC1. The van der Waals surface area contributed by atoms with Crippen LogP contribution in [0.3, 0.4) is 0 Å². The van der Waals surface area contributed by atoms with E-state index in [1.807, 2.05) is 12.1 Å². The number of aryl methyl sites for hydroxylation is 1. The van der Waals surface area contributed by atoms with Crippen molar-refractivity contribution in [2.24, 2.45) is 5.92 Å². The van der Waals surface area contributed by atoms with Crippen molar-refractivity contribution in [1.82, 2.24) is 15.1 Å². The predicted molar refractivity (Wildman–Crippen MR) is 216 cm³/mol. The summed E-state index contributed by atoms with van der Waals surface area (Å²) in [6.45, 7) is 2.35. The molecule has 1 spiro atoms. The first-order chi connectivity index (χ1) is 27.8. The first-order valence-corrected chi connectivity index (χ1v) is 21.5. The zero-order valence-corrected chi connectivity index (χ0v) is 34.1. The molecule has 58 heavy (non-hydrogen) atoms. The van der Waals surface area contributed by atoms with Crippen LogP contribution in [0.4, 0.5) is 28.0 Å². The highest BCUT2D eigenvalue weighted by Crippen LogP contribution is 2.46. The van der Waals surface area contributed by atoms with Crippen LogP contribution in [0, 0.1) is 11.7 Å². The highest BCUT2D eigenvalue weighted by molar-refractivity contribution is 6.42. The standard InChI is InChI=1S/C44H60BF4N4O5/c1-3-35(17-13-8-6-4-5-7-9-14-26-50-39(54)27-32-15-11-10-12-16-32)45-51-37-22-23-38-34(28-37)24-25-43(38)41(56)53(42(57)58-43)30-40(55)52(31(2)44(47,48)49)29-33-18-20-36(46)21-19-33/h18-23,28,31-32,35,51H,3-17,24-27,29-30H2,1-2H3,(H,50,54)/t31-,35?,43?/m0/s1. The average molecular weight is 812 g/mol. The fourth-order valence-corrected chi connectivity index (χ4v) is 8.54. The Balaban J connectivity index is 1.02. The van der Waals surface area contributed by atoms with Crippen molar-refractivity contribution in [1.29, 1.82) is 0 Å². The minimum absolute atomic E-state index is 0.152. The van der Waals surface area contributed by atoms with E-state index < -0.39 is 54.6 Å². The number of alkyl halides is 3. The maximum atomic E-state index is 13.8. The number of anilines is 1. The molecule has 0 bridgehead atoms. The summed E-state index contributed by atoms with van der Waals surface area (Å²) in [4.78, 5) is 53.5. The molecular formula is C44H60BF4N4O5. The smallest absolute Gasteiger partial charge is 0.418 e. The van der Waals surface area contributed by atoms with Gasteiger partial charge in [-0.15, -0.1) is 0 Å². The van der Waals surface area contributed by atoms with Gasteiger partial charge in [0.05, 0.1) is 0 Å². The van der Waals surface area contributed by atoms with Crippen LogP contribution in [0.15, 0.2) is 42.5 Å². The van der Waals surface area contributed by atoms with Crippen LogP contribution >= 0.6 is 0 Å². The van der Waals surface area contributed by atoms with Crippen LogP contribution in [-0.4, -0.2) is 66.3 Å². The summed E-state index contributed by atoms with van der Waals surface area (Å²) in [5.74, 6) is -1.27. The van der Waals surface area contributed by atoms with Gasteiger partial charge in [-0.05, 0) is 79.7 Å². The number of ether oxygens (including phenoxy) is 1. The Morgan fingerprint density at radius 2 is 1.64 bits per heavy atom. The molecule has 1 aliphatic heterocycles. The largest absolute Gasteiger partial charge is 0.432 e. The number of benzene rings is 2. The molecule has 2 fully saturated rings. The number of carbonyl (C=O) groups is 4. The van der Waals surface area contributed by atoms with Gasteiger partial charge in [0.15, 0.2) is 0 Å². The third-order valence-corrected chi connectivity index (χ3v) is 12.2. The molecule has 1 saturated heterocycles. The number of unbranched alkanes of at least 4 members (excludes halogenated alkanes) is 7. The minimum atomic E-state index is -4.78. The fourth-order valence-electron chi connectivity index (χ4n) is 8.54. The Morgan fingerprint density at radius 3 is 2.31 bits per heavy atom. The number of hydrogen-bond acceptors (Lipinski definition) is 6. The van der Waals surface area contributed by atoms with Crippen molar-refractivity contribution < 1.29 is 41.5 Å². The molecule has 2 aromatic carbocycles. The highest BCUT2D eigenvalue weighted by Gasteiger charge is 2.58. The summed E-state index contributed by atoms with van der Waals surface area (Å²) < 4.78 is 60.5. The van der Waals surface area contributed by atoms with Gasteiger partial charge < -0.3 is 20.2 Å². The summed E-state index contributed by atoms with van der Waals surface area (Å²) in [5.41, 5.74) is 0.750. The van der Waals surface area contributed by atoms with E-state index in [4.69, 9.17) is 4.74 Å². The van der Waals surface area contributed by atoms with Gasteiger partial charge >= 0.3 is 12.3 Å². The summed E-state index contributed by atoms with van der Waals surface area (Å²) in [5, 5.41) is 6.52. The maximum Gasteiger partial charge on any atom is 0.418 e. The van der Waals surface area contributed by atoms with Crippen molar-refractivity contribution in [2.45, 2.75) is 160 Å². The number of fused-ring (bicyclic) bond motifs is 2. The van der Waals surface area contributed by atoms with E-state index in [9.17, 15) is 36.7 Å². The van der Waals surface area contributed by atoms with Crippen molar-refractivity contribution in [3.8, 4) is 0 Å². The van der Waals surface area contributed by atoms with E-state index >= 15 is 0 Å². The molecule has 2 aliphatic carbocycles. The Bertz CT molecular complexity index is 1690. The number of rotatable bonds is 22. The molecule has 1 radical (unpaired) electrons. The highest BCUT2D eigenvalue weighted by atomic mass is 19.4. The summed E-state index contributed by atoms with van der Waals surface area (Å²) >= 11 is 0. The second-order valence-electron chi connectivity index (χ2n) is 16.5. The van der Waals surface area contributed by atoms with Gasteiger partial charge in [-0.25, -0.2) is 14.1 Å². The molecule has 2 unspecified atom stereocenters. The Morgan fingerprint density at radius 1 is 0.966 bits per heavy atom. The molecule has 3 aliphatic rings. The summed E-state index contributed by atoms with van der Waals surface area (Å²) in [6, 6.07) is 7.94. The van der Waals surface area contributed by atoms with Gasteiger partial charge in [-0.3, -0.25) is 14.4 Å². The molecule has 3 atom stereocenters. The Kier molecular flexibility index (Phi) is 16.5. The van der Waals surface area contributed by atoms with Crippen LogP contribution in [0.25, 0.3) is 0 Å². The number of halogens is 4. The third-order valence-electron chi connectivity index (χ3n) is 12.2. The fraction of sp³-hybridized carbons (Fsp3) is 0.636. The first kappa shape index (κ1) is 45.0. The van der Waals surface area contributed by atoms with E-state index in [1.54, 1.807) is 6.07 Å². The molecule has 4 amide bonds. The van der Waals surface area contributed by atoms with E-state index in [0.717, 1.165) is 69.0 Å². The predicted octanol–water partition coefficient (Wildman–Crippen LogP) is 9.75. The zero-order valence-electron chi connectivity index (χ0n) is 34.1. The van der Waals surface area contributed by atoms with Gasteiger partial charge in [0.1, 0.15) is 18.4 Å². The van der Waals surface area contributed by atoms with Gasteiger partial charge in [0.25, 0.3) is 5.91 Å². The number of nitrogens with zero attached hydrogens (tertiary/aromatic N) is 2. The zero-order chi connectivity index (χ0) is 41.7. The molecule has 1 heterocycles. The van der Waals surface area contributed by atoms with E-state index in [0.29, 0.717) is 39.9 Å². The Hall–Kier alpha value is -4.10. The molecule has 2 aromatic rings. The minimum Gasteiger partial charge on any atom is -0.432 e. The average Bonchev–Trinajstić information content (AvgIpc) is 3.68. The molecule has 0 aromatic heterocycles. The first-order valence-electron chi connectivity index (χ1n) is 21.5. The molecular weight excluding hydrogens is 751 g/mol. The van der Waals surface area contributed by atoms with Crippen LogP contribution in [0.2, 0.25) is 5.82 Å². The molecule has 1 saturated carbocycles. The van der Waals surface area contributed by atoms with Gasteiger partial charge in [0.2, 0.25) is 24.8 Å². The number of amides is 4. The van der Waals surface area contributed by atoms with Crippen LogP contribution in [-0.2, 0) is 37.7 Å². The lowest BCUT2D eigenvalue weighted by Crippen LogP contribution is -2.51.